The zero-order valence-corrected chi connectivity index (χ0v) is 21.3. The van der Waals surface area contributed by atoms with Crippen LogP contribution in [0.25, 0.3) is 0 Å². The van der Waals surface area contributed by atoms with Gasteiger partial charge in [-0.25, -0.2) is 9.78 Å². The smallest absolute Gasteiger partial charge is 0.326 e. The number of carboxylic acid groups (broad SMARTS) is 1. The number of imidazole rings is 1. The molecule has 192 valence electrons. The Labute approximate surface area is 204 Å². The lowest BCUT2D eigenvalue weighted by molar-refractivity contribution is -0.142. The van der Waals surface area contributed by atoms with Crippen molar-refractivity contribution < 1.29 is 24.3 Å². The third-order valence-electron chi connectivity index (χ3n) is 5.60. The van der Waals surface area contributed by atoms with Gasteiger partial charge in [-0.2, -0.15) is 11.8 Å². The van der Waals surface area contributed by atoms with Crippen LogP contribution < -0.4 is 21.7 Å². The average Bonchev–Trinajstić information content (AvgIpc) is 3.30. The molecule has 12 heteroatoms. The molecular formula is C22H38N6O5S. The summed E-state index contributed by atoms with van der Waals surface area (Å²) in [4.78, 5) is 56.9. The highest BCUT2D eigenvalue weighted by molar-refractivity contribution is 7.98. The number of carboxylic acids is 1. The van der Waals surface area contributed by atoms with Crippen molar-refractivity contribution in [2.75, 3.05) is 12.0 Å². The molecule has 7 N–H and O–H groups in total. The molecule has 0 aliphatic heterocycles. The molecule has 34 heavy (non-hydrogen) atoms. The molecule has 0 spiro atoms. The van der Waals surface area contributed by atoms with Gasteiger partial charge in [0.1, 0.15) is 18.1 Å². The largest absolute Gasteiger partial charge is 0.480 e. The van der Waals surface area contributed by atoms with Crippen LogP contribution in [0.1, 0.15) is 46.2 Å². The molecule has 0 fully saturated rings. The fourth-order valence-electron chi connectivity index (χ4n) is 3.19. The Hall–Kier alpha value is -2.60. The van der Waals surface area contributed by atoms with Crippen molar-refractivity contribution >= 4 is 35.5 Å². The first kappa shape index (κ1) is 29.4. The quantitative estimate of drug-likeness (QED) is 0.199. The van der Waals surface area contributed by atoms with Gasteiger partial charge in [0.2, 0.25) is 17.7 Å². The second-order valence-corrected chi connectivity index (χ2v) is 9.66. The van der Waals surface area contributed by atoms with Crippen LogP contribution in [0.4, 0.5) is 0 Å². The highest BCUT2D eigenvalue weighted by Crippen LogP contribution is 2.12. The van der Waals surface area contributed by atoms with Gasteiger partial charge in [-0.1, -0.05) is 34.1 Å². The predicted octanol–water partition coefficient (Wildman–Crippen LogP) is 0.274. The third-order valence-corrected chi connectivity index (χ3v) is 6.25. The fourth-order valence-corrected chi connectivity index (χ4v) is 3.68. The minimum Gasteiger partial charge on any atom is -0.480 e. The van der Waals surface area contributed by atoms with Crippen molar-refractivity contribution in [1.29, 1.82) is 0 Å². The molecule has 3 amide bonds. The van der Waals surface area contributed by atoms with Crippen molar-refractivity contribution in [3.63, 3.8) is 0 Å². The van der Waals surface area contributed by atoms with E-state index in [9.17, 15) is 24.3 Å². The first-order valence-electron chi connectivity index (χ1n) is 11.4. The number of carbonyl (C=O) groups excluding carboxylic acids is 3. The summed E-state index contributed by atoms with van der Waals surface area (Å²) < 4.78 is 0. The number of nitrogens with one attached hydrogen (secondary N) is 4. The maximum absolute atomic E-state index is 13.1. The summed E-state index contributed by atoms with van der Waals surface area (Å²) in [5.41, 5.74) is 6.50. The van der Waals surface area contributed by atoms with Crippen molar-refractivity contribution in [2.45, 2.75) is 71.1 Å². The molecule has 0 aromatic carbocycles. The molecule has 1 aromatic heterocycles. The van der Waals surface area contributed by atoms with E-state index in [1.807, 2.05) is 20.1 Å². The van der Waals surface area contributed by atoms with Crippen molar-refractivity contribution in [1.82, 2.24) is 25.9 Å². The Morgan fingerprint density at radius 1 is 1.09 bits per heavy atom. The number of H-pyrrole nitrogens is 1. The number of thioether (sulfide) groups is 1. The number of aliphatic carboxylic acids is 1. The first-order chi connectivity index (χ1) is 16.0. The third kappa shape index (κ3) is 9.34. The van der Waals surface area contributed by atoms with Gasteiger partial charge in [-0.15, -0.1) is 0 Å². The van der Waals surface area contributed by atoms with Crippen LogP contribution in [0, 0.1) is 11.8 Å². The first-order valence-corrected chi connectivity index (χ1v) is 12.8. The summed E-state index contributed by atoms with van der Waals surface area (Å²) in [5.74, 6) is -2.60. The number of nitrogens with zero attached hydrogens (tertiary/aromatic N) is 1. The fraction of sp³-hybridized carbons (Fsp3) is 0.682. The minimum absolute atomic E-state index is 0.0132. The number of nitrogens with two attached hydrogens (primary N) is 1. The molecule has 0 bridgehead atoms. The molecule has 5 unspecified atom stereocenters. The molecule has 1 rings (SSSR count). The molecule has 1 heterocycles. The number of carbonyl (C=O) groups is 4. The summed E-state index contributed by atoms with van der Waals surface area (Å²) in [6.45, 7) is 7.20. The average molecular weight is 499 g/mol. The lowest BCUT2D eigenvalue weighted by Crippen LogP contribution is -2.60. The van der Waals surface area contributed by atoms with E-state index >= 15 is 0 Å². The van der Waals surface area contributed by atoms with Crippen LogP contribution in [-0.4, -0.2) is 74.9 Å². The lowest BCUT2D eigenvalue weighted by Gasteiger charge is -2.29. The SMILES string of the molecule is CCC(C)C(NC(=O)C(N)CCSC)C(=O)NC(C(=O)NC(Cc1cnc[nH]1)C(=O)O)C(C)C. The summed E-state index contributed by atoms with van der Waals surface area (Å²) in [5, 5.41) is 17.5. The lowest BCUT2D eigenvalue weighted by atomic mass is 9.96. The Bertz CT molecular complexity index is 804. The summed E-state index contributed by atoms with van der Waals surface area (Å²) in [6.07, 6.45) is 5.92. The van der Waals surface area contributed by atoms with Gasteiger partial charge >= 0.3 is 5.97 Å². The van der Waals surface area contributed by atoms with Crippen LogP contribution in [0.15, 0.2) is 12.5 Å². The van der Waals surface area contributed by atoms with Gasteiger partial charge in [0.15, 0.2) is 0 Å². The van der Waals surface area contributed by atoms with Crippen molar-refractivity contribution in [3.8, 4) is 0 Å². The molecule has 0 saturated heterocycles. The van der Waals surface area contributed by atoms with Crippen LogP contribution >= 0.6 is 11.8 Å². The zero-order valence-electron chi connectivity index (χ0n) is 20.5. The van der Waals surface area contributed by atoms with Crippen molar-refractivity contribution in [2.24, 2.45) is 17.6 Å². The number of hydrogen-bond donors (Lipinski definition) is 6. The maximum Gasteiger partial charge on any atom is 0.326 e. The topological polar surface area (TPSA) is 179 Å². The number of hydrogen-bond acceptors (Lipinski definition) is 7. The van der Waals surface area contributed by atoms with Gasteiger partial charge in [0.05, 0.1) is 12.4 Å². The van der Waals surface area contributed by atoms with Gasteiger partial charge in [-0.3, -0.25) is 14.4 Å². The van der Waals surface area contributed by atoms with Crippen LogP contribution in [0.3, 0.4) is 0 Å². The van der Waals surface area contributed by atoms with E-state index in [1.54, 1.807) is 25.6 Å². The number of amides is 3. The zero-order chi connectivity index (χ0) is 25.8. The molecule has 1 aromatic rings. The maximum atomic E-state index is 13.1. The van der Waals surface area contributed by atoms with Gasteiger partial charge in [0.25, 0.3) is 0 Å². The normalized spacial score (nSPS) is 15.6. The van der Waals surface area contributed by atoms with Crippen LogP contribution in [0.5, 0.6) is 0 Å². The van der Waals surface area contributed by atoms with Crippen molar-refractivity contribution in [3.05, 3.63) is 18.2 Å². The van der Waals surface area contributed by atoms with Crippen LogP contribution in [0.2, 0.25) is 0 Å². The molecule has 11 nitrogen and oxygen atoms in total. The standard InChI is InChI=1S/C22H38N6O5S/c1-6-13(4)18(28-19(29)15(23)7-8-34-5)21(31)27-17(12(2)3)20(30)26-16(22(32)33)9-14-10-24-11-25-14/h10-13,15-18H,6-9,23H2,1-5H3,(H,24,25)(H,26,30)(H,27,31)(H,28,29)(H,32,33). The second-order valence-electron chi connectivity index (χ2n) is 8.67. The predicted molar refractivity (Wildman–Crippen MR) is 131 cm³/mol. The highest BCUT2D eigenvalue weighted by Gasteiger charge is 2.33. The van der Waals surface area contributed by atoms with E-state index in [1.165, 1.54) is 12.5 Å². The molecule has 5 atom stereocenters. The monoisotopic (exact) mass is 498 g/mol. The van der Waals surface area contributed by atoms with E-state index in [0.717, 1.165) is 0 Å². The molecule has 0 radical (unpaired) electrons. The molecule has 0 saturated carbocycles. The van der Waals surface area contributed by atoms with Gasteiger partial charge < -0.3 is 31.8 Å². The Morgan fingerprint density at radius 2 is 1.71 bits per heavy atom. The summed E-state index contributed by atoms with van der Waals surface area (Å²) >= 11 is 1.57. The van der Waals surface area contributed by atoms with E-state index < -0.39 is 47.9 Å². The Balaban J connectivity index is 2.93. The Morgan fingerprint density at radius 3 is 2.21 bits per heavy atom. The number of aromatic amines is 1. The second kappa shape index (κ2) is 14.6. The highest BCUT2D eigenvalue weighted by atomic mass is 32.2. The number of rotatable bonds is 15. The van der Waals surface area contributed by atoms with Gasteiger partial charge in [0, 0.05) is 18.3 Å². The molecule has 0 aliphatic carbocycles. The van der Waals surface area contributed by atoms with E-state index in [4.69, 9.17) is 5.73 Å². The molecule has 0 aliphatic rings. The number of aromatic nitrogens is 2. The summed E-state index contributed by atoms with van der Waals surface area (Å²) in [7, 11) is 0. The van der Waals surface area contributed by atoms with Crippen LogP contribution in [-0.2, 0) is 25.6 Å². The van der Waals surface area contributed by atoms with E-state index in [-0.39, 0.29) is 18.3 Å². The van der Waals surface area contributed by atoms with Gasteiger partial charge in [-0.05, 0) is 30.3 Å². The van der Waals surface area contributed by atoms with E-state index in [2.05, 4.69) is 25.9 Å². The van der Waals surface area contributed by atoms with E-state index in [0.29, 0.717) is 24.3 Å². The Kier molecular flexibility index (Phi) is 12.7. The minimum atomic E-state index is -1.21. The molecular weight excluding hydrogens is 460 g/mol. The summed E-state index contributed by atoms with van der Waals surface area (Å²) in [6, 6.07) is -3.82.